The van der Waals surface area contributed by atoms with E-state index in [0.29, 0.717) is 6.54 Å². The molecule has 1 unspecified atom stereocenters. The Balaban J connectivity index is 2.25. The number of aliphatic carboxylic acids is 1. The van der Waals surface area contributed by atoms with Crippen LogP contribution in [0.5, 0.6) is 0 Å². The van der Waals surface area contributed by atoms with Crippen molar-refractivity contribution in [2.45, 2.75) is 40.7 Å². The van der Waals surface area contributed by atoms with Gasteiger partial charge in [0.15, 0.2) is 0 Å². The number of nitrogens with zero attached hydrogens (tertiary/aromatic N) is 1. The summed E-state index contributed by atoms with van der Waals surface area (Å²) in [5, 5.41) is 9.27. The summed E-state index contributed by atoms with van der Waals surface area (Å²) in [6.45, 7) is 12.2. The Labute approximate surface area is 121 Å². The average molecular weight is 275 g/mol. The van der Waals surface area contributed by atoms with Crippen LogP contribution in [0.3, 0.4) is 0 Å². The molecule has 1 N–H and O–H groups in total. The molecule has 20 heavy (non-hydrogen) atoms. The average Bonchev–Trinajstić information content (AvgIpc) is 2.69. The minimum Gasteiger partial charge on any atom is -0.481 e. The number of likely N-dealkylation sites (tertiary alicyclic amines) is 1. The van der Waals surface area contributed by atoms with Gasteiger partial charge in [0.2, 0.25) is 0 Å². The molecule has 3 nitrogen and oxygen atoms in total. The molecule has 0 aliphatic carbocycles. The molecule has 1 aliphatic heterocycles. The molecular formula is C17H25NO2. The lowest BCUT2D eigenvalue weighted by atomic mass is 9.94. The van der Waals surface area contributed by atoms with E-state index in [0.717, 1.165) is 6.54 Å². The zero-order chi connectivity index (χ0) is 15.0. The van der Waals surface area contributed by atoms with Crippen LogP contribution in [0, 0.1) is 32.6 Å². The minimum absolute atomic E-state index is 0.223. The predicted octanol–water partition coefficient (Wildman–Crippen LogP) is 3.33. The van der Waals surface area contributed by atoms with Crippen molar-refractivity contribution >= 4 is 5.97 Å². The molecule has 2 rings (SSSR count). The molecule has 1 aromatic rings. The molecule has 0 aromatic heterocycles. The van der Waals surface area contributed by atoms with E-state index in [1.54, 1.807) is 0 Å². The molecule has 1 saturated heterocycles. The second-order valence-corrected chi connectivity index (χ2v) is 6.36. The van der Waals surface area contributed by atoms with Gasteiger partial charge in [0.1, 0.15) is 0 Å². The maximum absolute atomic E-state index is 11.3. The topological polar surface area (TPSA) is 40.5 Å². The van der Waals surface area contributed by atoms with Crippen molar-refractivity contribution in [2.75, 3.05) is 13.1 Å². The first kappa shape index (κ1) is 15.0. The largest absolute Gasteiger partial charge is 0.481 e. The first-order chi connectivity index (χ1) is 9.31. The van der Waals surface area contributed by atoms with Crippen molar-refractivity contribution in [1.29, 1.82) is 0 Å². The van der Waals surface area contributed by atoms with Gasteiger partial charge >= 0.3 is 5.97 Å². The van der Waals surface area contributed by atoms with Crippen LogP contribution in [-0.4, -0.2) is 29.1 Å². The number of hydrogen-bond donors (Lipinski definition) is 1. The highest BCUT2D eigenvalue weighted by Crippen LogP contribution is 2.34. The van der Waals surface area contributed by atoms with Gasteiger partial charge in [-0.1, -0.05) is 24.6 Å². The number of rotatable bonds is 3. The zero-order valence-electron chi connectivity index (χ0n) is 13.1. The molecule has 0 radical (unpaired) electrons. The van der Waals surface area contributed by atoms with Gasteiger partial charge < -0.3 is 5.11 Å². The molecule has 110 valence electrons. The standard InChI is InChI=1S/C17H25NO2/c1-10-6-11(2)16(12(3)7-10)14(5)18-8-13(4)15(9-18)17(19)20/h6-7,13-15H,8-9H2,1-5H3,(H,19,20)/t13-,14?,15-/m1/s1. The molecule has 1 fully saturated rings. The molecule has 3 atom stereocenters. The van der Waals surface area contributed by atoms with Crippen LogP contribution >= 0.6 is 0 Å². The van der Waals surface area contributed by atoms with Crippen molar-refractivity contribution < 1.29 is 9.90 Å². The number of benzene rings is 1. The van der Waals surface area contributed by atoms with E-state index in [1.165, 1.54) is 22.3 Å². The van der Waals surface area contributed by atoms with Crippen LogP contribution in [-0.2, 0) is 4.79 Å². The van der Waals surface area contributed by atoms with Crippen molar-refractivity contribution in [2.24, 2.45) is 11.8 Å². The van der Waals surface area contributed by atoms with Crippen LogP contribution in [0.25, 0.3) is 0 Å². The molecule has 0 spiro atoms. The van der Waals surface area contributed by atoms with Crippen LogP contribution in [0.15, 0.2) is 12.1 Å². The van der Waals surface area contributed by atoms with Crippen molar-refractivity contribution in [3.8, 4) is 0 Å². The Kier molecular flexibility index (Phi) is 4.19. The summed E-state index contributed by atoms with van der Waals surface area (Å²) in [7, 11) is 0. The normalized spacial score (nSPS) is 24.9. The van der Waals surface area contributed by atoms with Crippen LogP contribution < -0.4 is 0 Å². The molecule has 1 aromatic carbocycles. The quantitative estimate of drug-likeness (QED) is 0.920. The summed E-state index contributed by atoms with van der Waals surface area (Å²) in [6, 6.07) is 4.71. The van der Waals surface area contributed by atoms with Gasteiger partial charge in [0, 0.05) is 19.1 Å². The van der Waals surface area contributed by atoms with Crippen LogP contribution in [0.1, 0.15) is 42.1 Å². The van der Waals surface area contributed by atoms with Crippen molar-refractivity contribution in [3.05, 3.63) is 34.4 Å². The Bertz CT molecular complexity index is 501. The van der Waals surface area contributed by atoms with E-state index in [-0.39, 0.29) is 17.9 Å². The van der Waals surface area contributed by atoms with Gasteiger partial charge in [-0.05, 0) is 50.3 Å². The second kappa shape index (κ2) is 5.57. The summed E-state index contributed by atoms with van der Waals surface area (Å²) in [5.74, 6) is -0.672. The Morgan fingerprint density at radius 2 is 1.80 bits per heavy atom. The lowest BCUT2D eigenvalue weighted by molar-refractivity contribution is -0.142. The molecule has 1 aliphatic rings. The molecular weight excluding hydrogens is 250 g/mol. The minimum atomic E-state index is -0.662. The Morgan fingerprint density at radius 1 is 1.25 bits per heavy atom. The van der Waals surface area contributed by atoms with E-state index in [2.05, 4.69) is 44.7 Å². The fourth-order valence-electron chi connectivity index (χ4n) is 3.67. The van der Waals surface area contributed by atoms with E-state index in [1.807, 2.05) is 6.92 Å². The summed E-state index contributed by atoms with van der Waals surface area (Å²) >= 11 is 0. The van der Waals surface area contributed by atoms with E-state index in [9.17, 15) is 9.90 Å². The summed E-state index contributed by atoms with van der Waals surface area (Å²) in [4.78, 5) is 13.6. The van der Waals surface area contributed by atoms with Gasteiger partial charge in [-0.2, -0.15) is 0 Å². The van der Waals surface area contributed by atoms with Gasteiger partial charge in [0.05, 0.1) is 5.92 Å². The van der Waals surface area contributed by atoms with Crippen molar-refractivity contribution in [3.63, 3.8) is 0 Å². The lowest BCUT2D eigenvalue weighted by Crippen LogP contribution is -2.27. The third-order valence-electron chi connectivity index (χ3n) is 4.66. The maximum atomic E-state index is 11.3. The number of carbonyl (C=O) groups is 1. The molecule has 0 saturated carbocycles. The van der Waals surface area contributed by atoms with Crippen molar-refractivity contribution in [1.82, 2.24) is 4.90 Å². The first-order valence-corrected chi connectivity index (χ1v) is 7.35. The number of aryl methyl sites for hydroxylation is 3. The monoisotopic (exact) mass is 275 g/mol. The smallest absolute Gasteiger partial charge is 0.308 e. The number of carboxylic acids is 1. The SMILES string of the molecule is Cc1cc(C)c(C(C)N2C[C@@H](C)[C@H](C(=O)O)C2)c(C)c1. The molecule has 0 amide bonds. The summed E-state index contributed by atoms with van der Waals surface area (Å²) in [5.41, 5.74) is 5.26. The fourth-order valence-corrected chi connectivity index (χ4v) is 3.67. The number of hydrogen-bond acceptors (Lipinski definition) is 2. The zero-order valence-corrected chi connectivity index (χ0v) is 13.1. The van der Waals surface area contributed by atoms with Gasteiger partial charge in [-0.3, -0.25) is 9.69 Å². The third kappa shape index (κ3) is 2.73. The van der Waals surface area contributed by atoms with Gasteiger partial charge in [-0.15, -0.1) is 0 Å². The van der Waals surface area contributed by atoms with Crippen LogP contribution in [0.2, 0.25) is 0 Å². The Morgan fingerprint density at radius 3 is 2.25 bits per heavy atom. The van der Waals surface area contributed by atoms with Gasteiger partial charge in [-0.25, -0.2) is 0 Å². The summed E-state index contributed by atoms with van der Waals surface area (Å²) in [6.07, 6.45) is 0. The highest BCUT2D eigenvalue weighted by Gasteiger charge is 2.37. The van der Waals surface area contributed by atoms with E-state index in [4.69, 9.17) is 0 Å². The highest BCUT2D eigenvalue weighted by atomic mass is 16.4. The highest BCUT2D eigenvalue weighted by molar-refractivity contribution is 5.71. The van der Waals surface area contributed by atoms with E-state index < -0.39 is 5.97 Å². The third-order valence-corrected chi connectivity index (χ3v) is 4.66. The number of carboxylic acid groups (broad SMARTS) is 1. The predicted molar refractivity (Wildman–Crippen MR) is 80.9 cm³/mol. The molecule has 0 bridgehead atoms. The Hall–Kier alpha value is -1.35. The molecule has 1 heterocycles. The van der Waals surface area contributed by atoms with Gasteiger partial charge in [0.25, 0.3) is 0 Å². The first-order valence-electron chi connectivity index (χ1n) is 7.35. The second-order valence-electron chi connectivity index (χ2n) is 6.36. The van der Waals surface area contributed by atoms with Crippen LogP contribution in [0.4, 0.5) is 0 Å². The molecule has 3 heteroatoms. The summed E-state index contributed by atoms with van der Waals surface area (Å²) < 4.78 is 0. The van der Waals surface area contributed by atoms with E-state index >= 15 is 0 Å². The lowest BCUT2D eigenvalue weighted by Gasteiger charge is -2.28. The fraction of sp³-hybridized carbons (Fsp3) is 0.588. The maximum Gasteiger partial charge on any atom is 0.308 e.